The van der Waals surface area contributed by atoms with Gasteiger partial charge in [0.2, 0.25) is 0 Å². The van der Waals surface area contributed by atoms with Gasteiger partial charge in [-0.15, -0.1) is 0 Å². The van der Waals surface area contributed by atoms with Crippen LogP contribution in [0.5, 0.6) is 5.75 Å². The van der Waals surface area contributed by atoms with E-state index in [0.29, 0.717) is 11.3 Å². The van der Waals surface area contributed by atoms with Crippen molar-refractivity contribution in [2.45, 2.75) is 6.92 Å². The first kappa shape index (κ1) is 18.0. The minimum atomic E-state index is -0.514. The molecule has 7 nitrogen and oxygen atoms in total. The highest BCUT2D eigenvalue weighted by atomic mass is 16.5. The zero-order valence-electron chi connectivity index (χ0n) is 13.9. The summed E-state index contributed by atoms with van der Waals surface area (Å²) in [4.78, 5) is 35.0. The van der Waals surface area contributed by atoms with Crippen molar-refractivity contribution < 1.29 is 23.9 Å². The van der Waals surface area contributed by atoms with Crippen molar-refractivity contribution >= 4 is 17.8 Å². The number of esters is 1. The van der Waals surface area contributed by atoms with E-state index in [1.54, 1.807) is 12.1 Å². The van der Waals surface area contributed by atoms with Gasteiger partial charge in [0.15, 0.2) is 6.61 Å². The minimum Gasteiger partial charge on any atom is -0.484 e. The van der Waals surface area contributed by atoms with Crippen LogP contribution in [0.25, 0.3) is 0 Å². The number of hydrogen-bond acceptors (Lipinski definition) is 5. The fourth-order valence-corrected chi connectivity index (χ4v) is 1.96. The molecule has 0 heterocycles. The lowest BCUT2D eigenvalue weighted by Gasteiger charge is -2.09. The van der Waals surface area contributed by atoms with E-state index >= 15 is 0 Å². The van der Waals surface area contributed by atoms with E-state index in [-0.39, 0.29) is 12.2 Å². The summed E-state index contributed by atoms with van der Waals surface area (Å²) in [5.74, 6) is -0.935. The molecule has 2 amide bonds. The van der Waals surface area contributed by atoms with Crippen molar-refractivity contribution in [1.82, 2.24) is 10.9 Å². The van der Waals surface area contributed by atoms with Gasteiger partial charge < -0.3 is 9.47 Å². The summed E-state index contributed by atoms with van der Waals surface area (Å²) < 4.78 is 9.90. The van der Waals surface area contributed by atoms with Gasteiger partial charge in [-0.05, 0) is 48.9 Å². The molecule has 25 heavy (non-hydrogen) atoms. The highest BCUT2D eigenvalue weighted by Gasteiger charge is 2.10. The van der Waals surface area contributed by atoms with Crippen LogP contribution in [0.15, 0.2) is 48.5 Å². The maximum Gasteiger partial charge on any atom is 0.337 e. The van der Waals surface area contributed by atoms with Gasteiger partial charge in [0.1, 0.15) is 5.75 Å². The number of carbonyl (C=O) groups is 3. The zero-order chi connectivity index (χ0) is 18.2. The van der Waals surface area contributed by atoms with Crippen molar-refractivity contribution in [1.29, 1.82) is 0 Å². The molecule has 0 bridgehead atoms. The second-order valence-corrected chi connectivity index (χ2v) is 5.18. The summed E-state index contributed by atoms with van der Waals surface area (Å²) >= 11 is 0. The third-order valence-electron chi connectivity index (χ3n) is 3.24. The van der Waals surface area contributed by atoms with Crippen molar-refractivity contribution in [2.24, 2.45) is 0 Å². The molecule has 0 unspecified atom stereocenters. The Morgan fingerprint density at radius 2 is 1.64 bits per heavy atom. The van der Waals surface area contributed by atoms with Crippen LogP contribution in [-0.2, 0) is 9.53 Å². The first-order valence-corrected chi connectivity index (χ1v) is 7.46. The van der Waals surface area contributed by atoms with Gasteiger partial charge in [-0.3, -0.25) is 20.4 Å². The number of nitrogens with one attached hydrogen (secondary N) is 2. The third-order valence-corrected chi connectivity index (χ3v) is 3.24. The fraction of sp³-hybridized carbons (Fsp3) is 0.167. The predicted molar refractivity (Wildman–Crippen MR) is 90.1 cm³/mol. The number of carbonyl (C=O) groups excluding carboxylic acids is 3. The van der Waals surface area contributed by atoms with Crippen molar-refractivity contribution in [3.63, 3.8) is 0 Å². The largest absolute Gasteiger partial charge is 0.484 e. The molecule has 0 aromatic heterocycles. The number of benzene rings is 2. The molecule has 0 aliphatic carbocycles. The van der Waals surface area contributed by atoms with Crippen molar-refractivity contribution in [3.05, 3.63) is 65.2 Å². The molecule has 2 N–H and O–H groups in total. The summed E-state index contributed by atoms with van der Waals surface area (Å²) in [6, 6.07) is 13.1. The highest BCUT2D eigenvalue weighted by molar-refractivity contribution is 5.97. The van der Waals surface area contributed by atoms with Crippen molar-refractivity contribution in [3.8, 4) is 5.75 Å². The van der Waals surface area contributed by atoms with E-state index in [9.17, 15) is 14.4 Å². The number of ether oxygens (including phenoxy) is 2. The molecule has 0 saturated heterocycles. The molecule has 0 atom stereocenters. The normalized spacial score (nSPS) is 9.84. The second-order valence-electron chi connectivity index (χ2n) is 5.18. The first-order valence-electron chi connectivity index (χ1n) is 7.46. The molecular weight excluding hydrogens is 324 g/mol. The van der Waals surface area contributed by atoms with Gasteiger partial charge in [-0.25, -0.2) is 4.79 Å². The molecule has 0 radical (unpaired) electrons. The van der Waals surface area contributed by atoms with E-state index in [2.05, 4.69) is 15.6 Å². The van der Waals surface area contributed by atoms with Crippen molar-refractivity contribution in [2.75, 3.05) is 13.7 Å². The van der Waals surface area contributed by atoms with Crippen LogP contribution in [-0.4, -0.2) is 31.5 Å². The van der Waals surface area contributed by atoms with Crippen LogP contribution in [0.1, 0.15) is 26.3 Å². The Kier molecular flexibility index (Phi) is 6.11. The lowest BCUT2D eigenvalue weighted by atomic mass is 10.1. The molecule has 0 aliphatic heterocycles. The fourth-order valence-electron chi connectivity index (χ4n) is 1.96. The average Bonchev–Trinajstić information content (AvgIpc) is 2.64. The summed E-state index contributed by atoms with van der Waals surface area (Å²) in [5.41, 5.74) is 6.16. The summed E-state index contributed by atoms with van der Waals surface area (Å²) in [6.45, 7) is 1.68. The van der Waals surface area contributed by atoms with Crippen LogP contribution in [0.2, 0.25) is 0 Å². The lowest BCUT2D eigenvalue weighted by molar-refractivity contribution is -0.123. The van der Waals surface area contributed by atoms with Crippen LogP contribution < -0.4 is 15.6 Å². The number of hydrazine groups is 1. The minimum absolute atomic E-state index is 0.231. The zero-order valence-corrected chi connectivity index (χ0v) is 13.9. The molecule has 2 aromatic rings. The third kappa shape index (κ3) is 5.35. The van der Waals surface area contributed by atoms with E-state index in [4.69, 9.17) is 4.74 Å². The van der Waals surface area contributed by atoms with Crippen LogP contribution in [0.3, 0.4) is 0 Å². The van der Waals surface area contributed by atoms with Crippen LogP contribution in [0, 0.1) is 6.92 Å². The molecule has 2 aromatic carbocycles. The van der Waals surface area contributed by atoms with E-state index in [1.807, 2.05) is 19.1 Å². The lowest BCUT2D eigenvalue weighted by Crippen LogP contribution is -2.43. The van der Waals surface area contributed by atoms with Gasteiger partial charge in [0, 0.05) is 5.56 Å². The summed E-state index contributed by atoms with van der Waals surface area (Å²) in [5, 5.41) is 0. The molecule has 130 valence electrons. The standard InChI is InChI=1S/C18H18N2O5/c1-12-4-3-5-15(10-12)25-11-16(21)19-20-17(22)13-6-8-14(9-7-13)18(23)24-2/h3-10H,11H2,1-2H3,(H,19,21)(H,20,22). The number of aryl methyl sites for hydroxylation is 1. The smallest absolute Gasteiger partial charge is 0.337 e. The molecule has 0 saturated carbocycles. The number of methoxy groups -OCH3 is 1. The Balaban J connectivity index is 1.80. The maximum atomic E-state index is 11.9. The second kappa shape index (κ2) is 8.49. The van der Waals surface area contributed by atoms with Gasteiger partial charge in [0.05, 0.1) is 12.7 Å². The Labute approximate surface area is 144 Å². The average molecular weight is 342 g/mol. The molecule has 2 rings (SSSR count). The molecule has 0 fully saturated rings. The quantitative estimate of drug-likeness (QED) is 0.636. The van der Waals surface area contributed by atoms with Gasteiger partial charge >= 0.3 is 5.97 Å². The number of rotatable bonds is 5. The Bertz CT molecular complexity index is 771. The van der Waals surface area contributed by atoms with E-state index in [0.717, 1.165) is 5.56 Å². The molecule has 7 heteroatoms. The number of amides is 2. The predicted octanol–water partition coefficient (Wildman–Crippen LogP) is 1.62. The first-order chi connectivity index (χ1) is 12.0. The molecule has 0 spiro atoms. The Hall–Kier alpha value is -3.35. The SMILES string of the molecule is COC(=O)c1ccc(C(=O)NNC(=O)COc2cccc(C)c2)cc1. The summed E-state index contributed by atoms with van der Waals surface area (Å²) in [6.07, 6.45) is 0. The van der Waals surface area contributed by atoms with E-state index < -0.39 is 17.8 Å². The van der Waals surface area contributed by atoms with Gasteiger partial charge in [-0.2, -0.15) is 0 Å². The monoisotopic (exact) mass is 342 g/mol. The molecule has 0 aliphatic rings. The van der Waals surface area contributed by atoms with Crippen LogP contribution >= 0.6 is 0 Å². The topological polar surface area (TPSA) is 93.7 Å². The number of hydrogen-bond donors (Lipinski definition) is 2. The van der Waals surface area contributed by atoms with Gasteiger partial charge in [-0.1, -0.05) is 12.1 Å². The summed E-state index contributed by atoms with van der Waals surface area (Å²) in [7, 11) is 1.28. The maximum absolute atomic E-state index is 11.9. The Morgan fingerprint density at radius 3 is 2.28 bits per heavy atom. The van der Waals surface area contributed by atoms with E-state index in [1.165, 1.54) is 31.4 Å². The highest BCUT2D eigenvalue weighted by Crippen LogP contribution is 2.11. The van der Waals surface area contributed by atoms with Crippen LogP contribution in [0.4, 0.5) is 0 Å². The van der Waals surface area contributed by atoms with Gasteiger partial charge in [0.25, 0.3) is 11.8 Å². The molecular formula is C18H18N2O5. The Morgan fingerprint density at radius 1 is 0.960 bits per heavy atom.